The van der Waals surface area contributed by atoms with Crippen LogP contribution in [0.15, 0.2) is 0 Å². The van der Waals surface area contributed by atoms with Gasteiger partial charge < -0.3 is 9.47 Å². The molecule has 104 valence electrons. The maximum atomic E-state index is 11.7. The first-order valence-electron chi connectivity index (χ1n) is 7.13. The van der Waals surface area contributed by atoms with E-state index in [9.17, 15) is 4.39 Å². The monoisotopic (exact) mass is 248 g/mol. The van der Waals surface area contributed by atoms with Crippen LogP contribution in [0.5, 0.6) is 0 Å². The SMILES string of the molecule is CCCCCCCCCCOCCOCCF. The molecule has 0 aliphatic rings. The maximum Gasteiger partial charge on any atom is 0.113 e. The molecule has 0 rings (SSSR count). The molecule has 0 radical (unpaired) electrons. The van der Waals surface area contributed by atoms with Crippen LogP contribution in [0.25, 0.3) is 0 Å². The Morgan fingerprint density at radius 1 is 0.647 bits per heavy atom. The summed E-state index contributed by atoms with van der Waals surface area (Å²) >= 11 is 0. The van der Waals surface area contributed by atoms with Gasteiger partial charge in [0.05, 0.1) is 19.8 Å². The highest BCUT2D eigenvalue weighted by Crippen LogP contribution is 2.08. The number of rotatable bonds is 14. The van der Waals surface area contributed by atoms with E-state index in [0.29, 0.717) is 13.2 Å². The Balaban J connectivity index is 2.85. The fraction of sp³-hybridized carbons (Fsp3) is 1.00. The van der Waals surface area contributed by atoms with E-state index in [1.54, 1.807) is 0 Å². The molecule has 0 saturated heterocycles. The average molecular weight is 248 g/mol. The van der Waals surface area contributed by atoms with Gasteiger partial charge in [0.2, 0.25) is 0 Å². The van der Waals surface area contributed by atoms with Gasteiger partial charge in [-0.2, -0.15) is 0 Å². The Hall–Kier alpha value is -0.150. The van der Waals surface area contributed by atoms with Gasteiger partial charge in [-0.05, 0) is 6.42 Å². The molecule has 2 nitrogen and oxygen atoms in total. The summed E-state index contributed by atoms with van der Waals surface area (Å²) in [7, 11) is 0. The molecule has 0 atom stereocenters. The summed E-state index contributed by atoms with van der Waals surface area (Å²) in [6.45, 7) is 3.96. The van der Waals surface area contributed by atoms with Crippen molar-refractivity contribution < 1.29 is 13.9 Å². The van der Waals surface area contributed by atoms with Crippen molar-refractivity contribution in [3.63, 3.8) is 0 Å². The molecular formula is C14H29FO2. The number of alkyl halides is 1. The molecule has 0 aromatic heterocycles. The van der Waals surface area contributed by atoms with E-state index in [1.807, 2.05) is 0 Å². The lowest BCUT2D eigenvalue weighted by Gasteiger charge is -2.04. The van der Waals surface area contributed by atoms with Crippen molar-refractivity contribution in [3.05, 3.63) is 0 Å². The van der Waals surface area contributed by atoms with Gasteiger partial charge in [0.15, 0.2) is 0 Å². The number of hydrogen-bond donors (Lipinski definition) is 0. The van der Waals surface area contributed by atoms with Crippen molar-refractivity contribution in [2.75, 3.05) is 33.1 Å². The quantitative estimate of drug-likeness (QED) is 0.430. The highest BCUT2D eigenvalue weighted by atomic mass is 19.1. The second-order valence-electron chi connectivity index (χ2n) is 4.39. The molecule has 0 aliphatic carbocycles. The van der Waals surface area contributed by atoms with E-state index in [4.69, 9.17) is 9.47 Å². The van der Waals surface area contributed by atoms with Gasteiger partial charge >= 0.3 is 0 Å². The zero-order valence-corrected chi connectivity index (χ0v) is 11.4. The van der Waals surface area contributed by atoms with E-state index >= 15 is 0 Å². The Bertz CT molecular complexity index is 117. The van der Waals surface area contributed by atoms with Gasteiger partial charge in [0.1, 0.15) is 6.67 Å². The van der Waals surface area contributed by atoms with Crippen LogP contribution in [0.3, 0.4) is 0 Å². The summed E-state index contributed by atoms with van der Waals surface area (Å²) < 4.78 is 22.0. The van der Waals surface area contributed by atoms with Crippen LogP contribution in [0, 0.1) is 0 Å². The van der Waals surface area contributed by atoms with Crippen molar-refractivity contribution in [3.8, 4) is 0 Å². The first-order valence-corrected chi connectivity index (χ1v) is 7.13. The Morgan fingerprint density at radius 2 is 1.18 bits per heavy atom. The number of ether oxygens (including phenoxy) is 2. The lowest BCUT2D eigenvalue weighted by atomic mass is 10.1. The highest BCUT2D eigenvalue weighted by Gasteiger charge is 1.93. The van der Waals surface area contributed by atoms with Crippen molar-refractivity contribution in [2.24, 2.45) is 0 Å². The minimum absolute atomic E-state index is 0.196. The third kappa shape index (κ3) is 15.9. The minimum atomic E-state index is -0.405. The molecule has 0 saturated carbocycles. The summed E-state index contributed by atoms with van der Waals surface area (Å²) in [5, 5.41) is 0. The van der Waals surface area contributed by atoms with Crippen molar-refractivity contribution >= 4 is 0 Å². The van der Waals surface area contributed by atoms with E-state index < -0.39 is 6.67 Å². The molecule has 0 aromatic carbocycles. The molecule has 0 heterocycles. The number of halogens is 1. The predicted molar refractivity (Wildman–Crippen MR) is 70.2 cm³/mol. The predicted octanol–water partition coefficient (Wildman–Crippen LogP) is 4.13. The van der Waals surface area contributed by atoms with Gasteiger partial charge in [-0.15, -0.1) is 0 Å². The van der Waals surface area contributed by atoms with E-state index in [0.717, 1.165) is 13.0 Å². The van der Waals surface area contributed by atoms with Crippen molar-refractivity contribution in [1.29, 1.82) is 0 Å². The zero-order chi connectivity index (χ0) is 12.6. The van der Waals surface area contributed by atoms with Crippen LogP contribution in [0.4, 0.5) is 4.39 Å². The van der Waals surface area contributed by atoms with Crippen LogP contribution in [-0.4, -0.2) is 33.1 Å². The summed E-state index contributed by atoms with van der Waals surface area (Å²) in [6, 6.07) is 0. The van der Waals surface area contributed by atoms with Crippen LogP contribution < -0.4 is 0 Å². The van der Waals surface area contributed by atoms with Crippen molar-refractivity contribution in [1.82, 2.24) is 0 Å². The molecule has 17 heavy (non-hydrogen) atoms. The van der Waals surface area contributed by atoms with Crippen molar-refractivity contribution in [2.45, 2.75) is 58.3 Å². The molecule has 3 heteroatoms. The first kappa shape index (κ1) is 16.9. The molecule has 0 bridgehead atoms. The van der Waals surface area contributed by atoms with E-state index in [1.165, 1.54) is 44.9 Å². The smallest absolute Gasteiger partial charge is 0.113 e. The molecule has 0 N–H and O–H groups in total. The fourth-order valence-electron chi connectivity index (χ4n) is 1.71. The summed E-state index contributed by atoms with van der Waals surface area (Å²) in [6.07, 6.45) is 10.5. The normalized spacial score (nSPS) is 10.9. The minimum Gasteiger partial charge on any atom is -0.379 e. The zero-order valence-electron chi connectivity index (χ0n) is 11.4. The molecule has 0 fully saturated rings. The Labute approximate surface area is 106 Å². The molecule has 0 amide bonds. The van der Waals surface area contributed by atoms with Gasteiger partial charge in [-0.3, -0.25) is 0 Å². The van der Waals surface area contributed by atoms with E-state index in [-0.39, 0.29) is 6.61 Å². The van der Waals surface area contributed by atoms with E-state index in [2.05, 4.69) is 6.92 Å². The third-order valence-corrected chi connectivity index (χ3v) is 2.74. The number of unbranched alkanes of at least 4 members (excludes halogenated alkanes) is 7. The van der Waals surface area contributed by atoms with Gasteiger partial charge in [-0.1, -0.05) is 51.9 Å². The largest absolute Gasteiger partial charge is 0.379 e. The number of hydrogen-bond acceptors (Lipinski definition) is 2. The highest BCUT2D eigenvalue weighted by molar-refractivity contribution is 4.45. The van der Waals surface area contributed by atoms with Gasteiger partial charge in [0.25, 0.3) is 0 Å². The average Bonchev–Trinajstić information content (AvgIpc) is 2.35. The lowest BCUT2D eigenvalue weighted by molar-refractivity contribution is 0.0415. The second-order valence-corrected chi connectivity index (χ2v) is 4.39. The second kappa shape index (κ2) is 15.9. The Kier molecular flexibility index (Phi) is 15.7. The van der Waals surface area contributed by atoms with Gasteiger partial charge in [0, 0.05) is 6.61 Å². The first-order chi connectivity index (χ1) is 8.41. The van der Waals surface area contributed by atoms with Crippen LogP contribution in [-0.2, 0) is 9.47 Å². The summed E-state index contributed by atoms with van der Waals surface area (Å²) in [5.41, 5.74) is 0. The van der Waals surface area contributed by atoms with Gasteiger partial charge in [-0.25, -0.2) is 4.39 Å². The summed E-state index contributed by atoms with van der Waals surface area (Å²) in [5.74, 6) is 0. The van der Waals surface area contributed by atoms with Crippen LogP contribution >= 0.6 is 0 Å². The molecule has 0 spiro atoms. The third-order valence-electron chi connectivity index (χ3n) is 2.74. The summed E-state index contributed by atoms with van der Waals surface area (Å²) in [4.78, 5) is 0. The standard InChI is InChI=1S/C14H29FO2/c1-2-3-4-5-6-7-8-9-11-16-13-14-17-12-10-15/h2-14H2,1H3. The van der Waals surface area contributed by atoms with Crippen LogP contribution in [0.1, 0.15) is 58.3 Å². The molecule has 0 unspecified atom stereocenters. The van der Waals surface area contributed by atoms with Crippen LogP contribution in [0.2, 0.25) is 0 Å². The molecule has 0 aromatic rings. The topological polar surface area (TPSA) is 18.5 Å². The Morgan fingerprint density at radius 3 is 1.76 bits per heavy atom. The molecular weight excluding hydrogens is 219 g/mol. The maximum absolute atomic E-state index is 11.7. The molecule has 0 aliphatic heterocycles. The fourth-order valence-corrected chi connectivity index (χ4v) is 1.71. The lowest BCUT2D eigenvalue weighted by Crippen LogP contribution is -2.06.